The maximum absolute atomic E-state index is 10.6. The Morgan fingerprint density at radius 1 is 1.53 bits per heavy atom. The normalized spacial score (nSPS) is 25.1. The summed E-state index contributed by atoms with van der Waals surface area (Å²) in [5.41, 5.74) is 1.86. The van der Waals surface area contributed by atoms with Gasteiger partial charge in [-0.2, -0.15) is 0 Å². The van der Waals surface area contributed by atoms with E-state index in [0.717, 1.165) is 11.2 Å². The van der Waals surface area contributed by atoms with E-state index in [9.17, 15) is 4.79 Å². The number of rotatable bonds is 2. The summed E-state index contributed by atoms with van der Waals surface area (Å²) in [7, 11) is 0. The van der Waals surface area contributed by atoms with Gasteiger partial charge in [0.15, 0.2) is 6.29 Å². The fourth-order valence-corrected chi connectivity index (χ4v) is 3.42. The molecule has 2 heteroatoms. The van der Waals surface area contributed by atoms with Crippen molar-refractivity contribution in [3.8, 4) is 0 Å². The predicted octanol–water partition coefficient (Wildman–Crippen LogP) is 4.24. The Morgan fingerprint density at radius 3 is 2.93 bits per heavy atom. The van der Waals surface area contributed by atoms with Gasteiger partial charge in [-0.05, 0) is 47.6 Å². The summed E-state index contributed by atoms with van der Waals surface area (Å²) in [6, 6.07) is 2.07. The van der Waals surface area contributed by atoms with E-state index in [2.05, 4.69) is 25.3 Å². The minimum absolute atomic E-state index is 0.478. The van der Waals surface area contributed by atoms with Gasteiger partial charge in [0.1, 0.15) is 0 Å². The maximum Gasteiger partial charge on any atom is 0.160 e. The first-order valence-electron chi connectivity index (χ1n) is 5.64. The molecule has 2 rings (SSSR count). The number of carbonyl (C=O) groups excluding carboxylic acids is 1. The van der Waals surface area contributed by atoms with Crippen molar-refractivity contribution in [1.29, 1.82) is 0 Å². The lowest BCUT2D eigenvalue weighted by Crippen LogP contribution is -2.21. The molecule has 1 fully saturated rings. The van der Waals surface area contributed by atoms with Gasteiger partial charge in [-0.25, -0.2) is 0 Å². The highest BCUT2D eigenvalue weighted by molar-refractivity contribution is 7.11. The molecule has 0 aliphatic heterocycles. The van der Waals surface area contributed by atoms with Gasteiger partial charge in [0, 0.05) is 0 Å². The van der Waals surface area contributed by atoms with Crippen LogP contribution in [0, 0.1) is 5.41 Å². The van der Waals surface area contributed by atoms with E-state index in [0.29, 0.717) is 11.3 Å². The van der Waals surface area contributed by atoms with Crippen molar-refractivity contribution in [3.63, 3.8) is 0 Å². The van der Waals surface area contributed by atoms with Crippen LogP contribution in [0.3, 0.4) is 0 Å². The number of aldehydes is 1. The van der Waals surface area contributed by atoms with Gasteiger partial charge < -0.3 is 0 Å². The van der Waals surface area contributed by atoms with Crippen molar-refractivity contribution >= 4 is 17.6 Å². The molecule has 0 N–H and O–H groups in total. The van der Waals surface area contributed by atoms with Crippen LogP contribution in [0.4, 0.5) is 0 Å². The van der Waals surface area contributed by atoms with Gasteiger partial charge in [0.25, 0.3) is 0 Å². The van der Waals surface area contributed by atoms with Crippen LogP contribution in [-0.4, -0.2) is 6.29 Å². The fraction of sp³-hybridized carbons (Fsp3) is 0.615. The quantitative estimate of drug-likeness (QED) is 0.684. The zero-order valence-electron chi connectivity index (χ0n) is 9.45. The molecule has 1 heterocycles. The third-order valence-corrected chi connectivity index (χ3v) is 4.31. The molecule has 1 aliphatic carbocycles. The van der Waals surface area contributed by atoms with Crippen molar-refractivity contribution < 1.29 is 4.79 Å². The molecule has 0 amide bonds. The van der Waals surface area contributed by atoms with Crippen molar-refractivity contribution in [1.82, 2.24) is 0 Å². The van der Waals surface area contributed by atoms with Gasteiger partial charge in [-0.1, -0.05) is 20.3 Å². The van der Waals surface area contributed by atoms with Crippen LogP contribution < -0.4 is 0 Å². The molecule has 0 aromatic carbocycles. The minimum atomic E-state index is 0.478. The topological polar surface area (TPSA) is 17.1 Å². The zero-order chi connectivity index (χ0) is 10.9. The lowest BCUT2D eigenvalue weighted by atomic mass is 9.70. The number of hydrogen-bond acceptors (Lipinski definition) is 2. The summed E-state index contributed by atoms with van der Waals surface area (Å²) in [5.74, 6) is 0.679. The van der Waals surface area contributed by atoms with E-state index < -0.39 is 0 Å². The summed E-state index contributed by atoms with van der Waals surface area (Å²) in [6.07, 6.45) is 6.18. The number of carbonyl (C=O) groups is 1. The van der Waals surface area contributed by atoms with E-state index in [1.807, 2.05) is 0 Å². The third kappa shape index (κ3) is 2.49. The molecule has 0 saturated heterocycles. The summed E-state index contributed by atoms with van der Waals surface area (Å²) >= 11 is 1.58. The minimum Gasteiger partial charge on any atom is -0.297 e. The molecule has 0 radical (unpaired) electrons. The van der Waals surface area contributed by atoms with Gasteiger partial charge >= 0.3 is 0 Å². The van der Waals surface area contributed by atoms with Crippen LogP contribution in [0.1, 0.15) is 60.7 Å². The average Bonchev–Trinajstić information content (AvgIpc) is 2.64. The van der Waals surface area contributed by atoms with Gasteiger partial charge in [0.05, 0.1) is 4.88 Å². The van der Waals surface area contributed by atoms with E-state index in [1.54, 1.807) is 11.3 Å². The Kier molecular flexibility index (Phi) is 2.96. The monoisotopic (exact) mass is 222 g/mol. The average molecular weight is 222 g/mol. The summed E-state index contributed by atoms with van der Waals surface area (Å²) < 4.78 is 0. The summed E-state index contributed by atoms with van der Waals surface area (Å²) in [6.45, 7) is 4.71. The second-order valence-corrected chi connectivity index (χ2v) is 6.30. The van der Waals surface area contributed by atoms with Crippen LogP contribution in [0.2, 0.25) is 0 Å². The van der Waals surface area contributed by atoms with E-state index >= 15 is 0 Å². The Labute approximate surface area is 95.5 Å². The molecule has 1 unspecified atom stereocenters. The molecule has 1 saturated carbocycles. The van der Waals surface area contributed by atoms with Crippen molar-refractivity contribution in [2.75, 3.05) is 0 Å². The first-order valence-corrected chi connectivity index (χ1v) is 6.52. The fourth-order valence-electron chi connectivity index (χ4n) is 2.63. The summed E-state index contributed by atoms with van der Waals surface area (Å²) in [5, 5.41) is 2.16. The van der Waals surface area contributed by atoms with E-state index in [4.69, 9.17) is 0 Å². The molecule has 1 atom stereocenters. The first-order chi connectivity index (χ1) is 7.11. The SMILES string of the molecule is CC1(C)CCCC(c2csc(C=O)c2)C1. The van der Waals surface area contributed by atoms with Crippen LogP contribution in [-0.2, 0) is 0 Å². The highest BCUT2D eigenvalue weighted by Crippen LogP contribution is 2.43. The van der Waals surface area contributed by atoms with Crippen LogP contribution in [0.15, 0.2) is 11.4 Å². The Hall–Kier alpha value is -0.630. The van der Waals surface area contributed by atoms with Crippen LogP contribution >= 0.6 is 11.3 Å². The van der Waals surface area contributed by atoms with Gasteiger partial charge in [0.2, 0.25) is 0 Å². The lowest BCUT2D eigenvalue weighted by molar-refractivity contribution is 0.112. The third-order valence-electron chi connectivity index (χ3n) is 3.43. The predicted molar refractivity (Wildman–Crippen MR) is 64.7 cm³/mol. The standard InChI is InChI=1S/C13H18OS/c1-13(2)5-3-4-10(7-13)11-6-12(8-14)15-9-11/h6,8-10H,3-5,7H2,1-2H3. The Morgan fingerprint density at radius 2 is 2.33 bits per heavy atom. The second kappa shape index (κ2) is 4.09. The molecule has 1 aromatic heterocycles. The van der Waals surface area contributed by atoms with Crippen molar-refractivity contribution in [3.05, 3.63) is 21.9 Å². The first kappa shape index (κ1) is 10.9. The molecule has 1 aliphatic rings. The highest BCUT2D eigenvalue weighted by atomic mass is 32.1. The Balaban J connectivity index is 2.13. The number of hydrogen-bond donors (Lipinski definition) is 0. The van der Waals surface area contributed by atoms with Crippen molar-refractivity contribution in [2.45, 2.75) is 45.4 Å². The van der Waals surface area contributed by atoms with Crippen molar-refractivity contribution in [2.24, 2.45) is 5.41 Å². The molecule has 0 spiro atoms. The largest absolute Gasteiger partial charge is 0.297 e. The molecule has 82 valence electrons. The van der Waals surface area contributed by atoms with E-state index in [-0.39, 0.29) is 0 Å². The molecule has 1 nitrogen and oxygen atoms in total. The van der Waals surface area contributed by atoms with Gasteiger partial charge in [-0.15, -0.1) is 11.3 Å². The maximum atomic E-state index is 10.6. The van der Waals surface area contributed by atoms with Gasteiger partial charge in [-0.3, -0.25) is 4.79 Å². The smallest absolute Gasteiger partial charge is 0.160 e. The Bertz CT molecular complexity index is 351. The van der Waals surface area contributed by atoms with Crippen LogP contribution in [0.25, 0.3) is 0 Å². The summed E-state index contributed by atoms with van der Waals surface area (Å²) in [4.78, 5) is 11.5. The molecular formula is C13H18OS. The second-order valence-electron chi connectivity index (χ2n) is 5.36. The van der Waals surface area contributed by atoms with Crippen LogP contribution in [0.5, 0.6) is 0 Å². The lowest BCUT2D eigenvalue weighted by Gasteiger charge is -2.35. The zero-order valence-corrected chi connectivity index (χ0v) is 10.3. The molecule has 1 aromatic rings. The number of thiophene rings is 1. The van der Waals surface area contributed by atoms with E-state index in [1.165, 1.54) is 31.2 Å². The highest BCUT2D eigenvalue weighted by Gasteiger charge is 2.29. The molecular weight excluding hydrogens is 204 g/mol. The molecule has 15 heavy (non-hydrogen) atoms. The molecule has 0 bridgehead atoms.